The van der Waals surface area contributed by atoms with Crippen molar-refractivity contribution in [3.05, 3.63) is 0 Å². The van der Waals surface area contributed by atoms with Crippen LogP contribution in [0.3, 0.4) is 0 Å². The average Bonchev–Trinajstić information content (AvgIpc) is 2.97. The molecule has 1 aliphatic heterocycles. The molecule has 2 aliphatic rings. The molecule has 1 amide bonds. The Kier molecular flexibility index (Phi) is 3.26. The van der Waals surface area contributed by atoms with E-state index in [4.69, 9.17) is 5.73 Å². The van der Waals surface area contributed by atoms with E-state index in [1.165, 1.54) is 12.8 Å². The number of nitrogens with one attached hydrogen (secondary N) is 1. The van der Waals surface area contributed by atoms with Gasteiger partial charge in [-0.05, 0) is 38.8 Å². The predicted molar refractivity (Wildman–Crippen MR) is 59.3 cm³/mol. The molecule has 0 bridgehead atoms. The molecule has 0 aromatic rings. The van der Waals surface area contributed by atoms with E-state index in [1.54, 1.807) is 0 Å². The molecule has 3 N–H and O–H groups in total. The molecule has 2 atom stereocenters. The van der Waals surface area contributed by atoms with Gasteiger partial charge in [-0.3, -0.25) is 4.79 Å². The molecule has 2 rings (SSSR count). The van der Waals surface area contributed by atoms with Crippen molar-refractivity contribution < 1.29 is 4.79 Å². The topological polar surface area (TPSA) is 58.4 Å². The molecule has 15 heavy (non-hydrogen) atoms. The smallest absolute Gasteiger partial charge is 0.224 e. The molecule has 0 aromatic carbocycles. The third-order valence-corrected chi connectivity index (χ3v) is 3.50. The van der Waals surface area contributed by atoms with Crippen LogP contribution in [-0.4, -0.2) is 43.5 Å². The fourth-order valence-electron chi connectivity index (χ4n) is 2.20. The second kappa shape index (κ2) is 4.49. The first-order valence-electron chi connectivity index (χ1n) is 5.88. The van der Waals surface area contributed by atoms with E-state index in [1.807, 2.05) is 0 Å². The molecule has 0 aromatic heterocycles. The quantitative estimate of drug-likeness (QED) is 0.676. The molecule has 1 aliphatic carbocycles. The van der Waals surface area contributed by atoms with Crippen molar-refractivity contribution in [3.8, 4) is 0 Å². The summed E-state index contributed by atoms with van der Waals surface area (Å²) in [4.78, 5) is 13.9. The molecule has 2 fully saturated rings. The fourth-order valence-corrected chi connectivity index (χ4v) is 2.20. The van der Waals surface area contributed by atoms with Crippen molar-refractivity contribution in [2.45, 2.75) is 25.3 Å². The van der Waals surface area contributed by atoms with Crippen LogP contribution in [0.5, 0.6) is 0 Å². The number of likely N-dealkylation sites (tertiary alicyclic amines) is 1. The van der Waals surface area contributed by atoms with E-state index in [-0.39, 0.29) is 17.9 Å². The second-order valence-electron chi connectivity index (χ2n) is 4.99. The zero-order chi connectivity index (χ0) is 10.8. The lowest BCUT2D eigenvalue weighted by atomic mass is 10.1. The number of hydrogen-bond acceptors (Lipinski definition) is 3. The minimum absolute atomic E-state index is 0.174. The van der Waals surface area contributed by atoms with Crippen LogP contribution < -0.4 is 11.1 Å². The number of rotatable bonds is 4. The maximum atomic E-state index is 11.7. The lowest BCUT2D eigenvalue weighted by Gasteiger charge is -2.14. The van der Waals surface area contributed by atoms with Gasteiger partial charge in [0.15, 0.2) is 0 Å². The second-order valence-corrected chi connectivity index (χ2v) is 4.99. The fraction of sp³-hybridized carbons (Fsp3) is 0.909. The van der Waals surface area contributed by atoms with Gasteiger partial charge < -0.3 is 16.0 Å². The van der Waals surface area contributed by atoms with Crippen LogP contribution in [0.25, 0.3) is 0 Å². The molecule has 86 valence electrons. The van der Waals surface area contributed by atoms with Crippen molar-refractivity contribution in [2.24, 2.45) is 17.6 Å². The Hall–Kier alpha value is -0.610. The molecule has 0 radical (unpaired) electrons. The monoisotopic (exact) mass is 211 g/mol. The standard InChI is InChI=1S/C11H21N3O/c1-14-5-4-9(7-14)11(15)13-6-10(12)8-2-3-8/h8-10H,2-7,12H2,1H3,(H,13,15). The van der Waals surface area contributed by atoms with Gasteiger partial charge in [0.05, 0.1) is 5.92 Å². The highest BCUT2D eigenvalue weighted by Crippen LogP contribution is 2.31. The minimum Gasteiger partial charge on any atom is -0.354 e. The van der Waals surface area contributed by atoms with Crippen LogP contribution in [0.2, 0.25) is 0 Å². The summed E-state index contributed by atoms with van der Waals surface area (Å²) in [7, 11) is 2.06. The lowest BCUT2D eigenvalue weighted by molar-refractivity contribution is -0.124. The third-order valence-electron chi connectivity index (χ3n) is 3.50. The van der Waals surface area contributed by atoms with Gasteiger partial charge in [-0.1, -0.05) is 0 Å². The normalized spacial score (nSPS) is 29.1. The number of nitrogens with two attached hydrogens (primary N) is 1. The van der Waals surface area contributed by atoms with Crippen molar-refractivity contribution in [1.29, 1.82) is 0 Å². The van der Waals surface area contributed by atoms with Crippen molar-refractivity contribution in [1.82, 2.24) is 10.2 Å². The van der Waals surface area contributed by atoms with Gasteiger partial charge >= 0.3 is 0 Å². The van der Waals surface area contributed by atoms with Gasteiger partial charge in [0.25, 0.3) is 0 Å². The van der Waals surface area contributed by atoms with Gasteiger partial charge in [0.1, 0.15) is 0 Å². The molecule has 1 saturated heterocycles. The summed E-state index contributed by atoms with van der Waals surface area (Å²) in [5, 5.41) is 2.98. The highest BCUT2D eigenvalue weighted by Gasteiger charge is 2.30. The lowest BCUT2D eigenvalue weighted by Crippen LogP contribution is -2.41. The summed E-state index contributed by atoms with van der Waals surface area (Å²) in [6.45, 7) is 2.58. The summed E-state index contributed by atoms with van der Waals surface area (Å²) >= 11 is 0. The number of hydrogen-bond donors (Lipinski definition) is 2. The summed E-state index contributed by atoms with van der Waals surface area (Å²) in [5.41, 5.74) is 5.93. The van der Waals surface area contributed by atoms with Gasteiger partial charge in [-0.15, -0.1) is 0 Å². The molecular formula is C11H21N3O. The van der Waals surface area contributed by atoms with Gasteiger partial charge in [-0.2, -0.15) is 0 Å². The van der Waals surface area contributed by atoms with E-state index in [9.17, 15) is 4.79 Å². The number of nitrogens with zero attached hydrogens (tertiary/aromatic N) is 1. The first-order valence-corrected chi connectivity index (χ1v) is 5.88. The highest BCUT2D eigenvalue weighted by molar-refractivity contribution is 5.79. The molecule has 1 saturated carbocycles. The van der Waals surface area contributed by atoms with Crippen molar-refractivity contribution in [3.63, 3.8) is 0 Å². The predicted octanol–water partition coefficient (Wildman–Crippen LogP) is -0.208. The zero-order valence-corrected chi connectivity index (χ0v) is 9.41. The van der Waals surface area contributed by atoms with Crippen LogP contribution in [0.4, 0.5) is 0 Å². The van der Waals surface area contributed by atoms with Crippen molar-refractivity contribution in [2.75, 3.05) is 26.7 Å². The van der Waals surface area contributed by atoms with Crippen LogP contribution >= 0.6 is 0 Å². The summed E-state index contributed by atoms with van der Waals surface area (Å²) in [6, 6.07) is 0.174. The zero-order valence-electron chi connectivity index (χ0n) is 9.41. The maximum Gasteiger partial charge on any atom is 0.224 e. The van der Waals surface area contributed by atoms with Gasteiger partial charge in [-0.25, -0.2) is 0 Å². The van der Waals surface area contributed by atoms with Crippen LogP contribution in [0.15, 0.2) is 0 Å². The molecular weight excluding hydrogens is 190 g/mol. The summed E-state index contributed by atoms with van der Waals surface area (Å²) < 4.78 is 0. The van der Waals surface area contributed by atoms with Crippen molar-refractivity contribution >= 4 is 5.91 Å². The Labute approximate surface area is 91.2 Å². The van der Waals surface area contributed by atoms with E-state index in [0.29, 0.717) is 12.5 Å². The summed E-state index contributed by atoms with van der Waals surface area (Å²) in [5.74, 6) is 1.04. The Morgan fingerprint density at radius 2 is 2.27 bits per heavy atom. The molecule has 0 spiro atoms. The van der Waals surface area contributed by atoms with E-state index >= 15 is 0 Å². The first kappa shape index (κ1) is 10.9. The first-order chi connectivity index (χ1) is 7.16. The van der Waals surface area contributed by atoms with E-state index < -0.39 is 0 Å². The van der Waals surface area contributed by atoms with Gasteiger partial charge in [0, 0.05) is 19.1 Å². The molecule has 4 nitrogen and oxygen atoms in total. The van der Waals surface area contributed by atoms with E-state index in [2.05, 4.69) is 17.3 Å². The summed E-state index contributed by atoms with van der Waals surface area (Å²) in [6.07, 6.45) is 3.47. The molecule has 2 unspecified atom stereocenters. The minimum atomic E-state index is 0.174. The van der Waals surface area contributed by atoms with E-state index in [0.717, 1.165) is 19.5 Å². The van der Waals surface area contributed by atoms with Crippen LogP contribution in [0, 0.1) is 11.8 Å². The van der Waals surface area contributed by atoms with Gasteiger partial charge in [0.2, 0.25) is 5.91 Å². The Morgan fingerprint density at radius 3 is 2.80 bits per heavy atom. The Bertz CT molecular complexity index is 240. The highest BCUT2D eigenvalue weighted by atomic mass is 16.1. The largest absolute Gasteiger partial charge is 0.354 e. The SMILES string of the molecule is CN1CCC(C(=O)NCC(N)C2CC2)C1. The molecule has 4 heteroatoms. The number of carbonyl (C=O) groups excluding carboxylic acids is 1. The third kappa shape index (κ3) is 2.92. The average molecular weight is 211 g/mol. The van der Waals surface area contributed by atoms with Crippen LogP contribution in [0.1, 0.15) is 19.3 Å². The Balaban J connectivity index is 1.67. The van der Waals surface area contributed by atoms with Crippen LogP contribution in [-0.2, 0) is 4.79 Å². The number of carbonyl (C=O) groups is 1. The maximum absolute atomic E-state index is 11.7. The molecule has 1 heterocycles. The number of amides is 1. The Morgan fingerprint density at radius 1 is 1.53 bits per heavy atom.